The molecule has 0 bridgehead atoms. The summed E-state index contributed by atoms with van der Waals surface area (Å²) in [6, 6.07) is 22.8. The van der Waals surface area contributed by atoms with Gasteiger partial charge in [0.1, 0.15) is 5.82 Å². The molecule has 4 N–H and O–H groups in total. The van der Waals surface area contributed by atoms with Crippen LogP contribution in [-0.2, 0) is 31.6 Å². The zero-order chi connectivity index (χ0) is 35.6. The molecule has 0 aliphatic heterocycles. The smallest absolute Gasteiger partial charge is 0.243 e. The number of aromatic nitrogens is 1. The number of fused-ring (bicyclic) bond motifs is 1. The van der Waals surface area contributed by atoms with E-state index in [1.807, 2.05) is 58.0 Å². The summed E-state index contributed by atoms with van der Waals surface area (Å²) in [6.45, 7) is 6.97. The van der Waals surface area contributed by atoms with Gasteiger partial charge in [-0.05, 0) is 73.7 Å². The van der Waals surface area contributed by atoms with Gasteiger partial charge in [-0.2, -0.15) is 4.31 Å². The van der Waals surface area contributed by atoms with Crippen LogP contribution < -0.4 is 16.0 Å². The fourth-order valence-electron chi connectivity index (χ4n) is 5.38. The fraction of sp³-hybridized carbons (Fsp3) is 0.378. The minimum Gasteiger partial charge on any atom is -0.390 e. The Balaban J connectivity index is 1.46. The topological polar surface area (TPSA) is 141 Å². The standard InChI is InChI=1S/C37H46FN5O5S/c1-5-26(2)24-43(49(47,48)31-16-17-32-28(20-31)13-10-18-39-32)25-34(44)33(19-27-11-7-6-8-12-27)42-36(46)22-40-35(45)23-41-37(3,4)29-14-9-15-30(38)21-29/h6-18,20-21,26,33-34,41,44H,5,19,22-25H2,1-4H3,(H,40,45)(H,42,46)/t26?,33-,34+/m0/s1. The van der Waals surface area contributed by atoms with Gasteiger partial charge in [0.25, 0.3) is 0 Å². The van der Waals surface area contributed by atoms with Crippen molar-refractivity contribution in [2.24, 2.45) is 5.92 Å². The Kier molecular flexibility index (Phi) is 13.0. The first-order valence-electron chi connectivity index (χ1n) is 16.4. The largest absolute Gasteiger partial charge is 0.390 e. The molecular weight excluding hydrogens is 646 g/mol. The molecule has 0 saturated carbocycles. The number of hydrogen-bond donors (Lipinski definition) is 4. The number of halogens is 1. The third-order valence-corrected chi connectivity index (χ3v) is 10.4. The molecule has 0 spiro atoms. The molecule has 0 radical (unpaired) electrons. The minimum absolute atomic E-state index is 0.000904. The van der Waals surface area contributed by atoms with Crippen LogP contribution in [-0.4, -0.2) is 73.0 Å². The van der Waals surface area contributed by atoms with Gasteiger partial charge in [-0.3, -0.25) is 19.9 Å². The number of rotatable bonds is 17. The molecule has 4 rings (SSSR count). The zero-order valence-corrected chi connectivity index (χ0v) is 29.2. The van der Waals surface area contributed by atoms with E-state index in [4.69, 9.17) is 0 Å². The average molecular weight is 692 g/mol. The number of carbonyl (C=O) groups is 2. The molecule has 0 aliphatic carbocycles. The lowest BCUT2D eigenvalue weighted by atomic mass is 9.94. The van der Waals surface area contributed by atoms with Crippen LogP contribution in [0.15, 0.2) is 96.0 Å². The van der Waals surface area contributed by atoms with Crippen molar-refractivity contribution in [2.45, 2.75) is 63.1 Å². The van der Waals surface area contributed by atoms with E-state index in [1.54, 1.807) is 42.6 Å². The molecule has 0 fully saturated rings. The number of hydrogen-bond acceptors (Lipinski definition) is 7. The number of sulfonamides is 1. The Labute approximate surface area is 288 Å². The number of carbonyl (C=O) groups excluding carboxylic acids is 2. The van der Waals surface area contributed by atoms with Gasteiger partial charge in [0.05, 0.1) is 35.6 Å². The lowest BCUT2D eigenvalue weighted by molar-refractivity contribution is -0.126. The number of aliphatic hydroxyl groups excluding tert-OH is 1. The second-order valence-electron chi connectivity index (χ2n) is 12.9. The minimum atomic E-state index is -4.04. The Morgan fingerprint density at radius 3 is 2.41 bits per heavy atom. The highest BCUT2D eigenvalue weighted by Crippen LogP contribution is 2.24. The van der Waals surface area contributed by atoms with Crippen LogP contribution in [0, 0.1) is 11.7 Å². The van der Waals surface area contributed by atoms with Gasteiger partial charge in [0.2, 0.25) is 21.8 Å². The Morgan fingerprint density at radius 1 is 0.939 bits per heavy atom. The Bertz CT molecular complexity index is 1820. The molecule has 0 aliphatic rings. The van der Waals surface area contributed by atoms with Crippen LogP contribution in [0.1, 0.15) is 45.2 Å². The predicted octanol–water partition coefficient (Wildman–Crippen LogP) is 4.14. The Morgan fingerprint density at radius 2 is 1.69 bits per heavy atom. The lowest BCUT2D eigenvalue weighted by Crippen LogP contribution is -2.53. The molecule has 1 aromatic heterocycles. The third kappa shape index (κ3) is 10.6. The van der Waals surface area contributed by atoms with Crippen molar-refractivity contribution >= 4 is 32.7 Å². The molecule has 3 atom stereocenters. The highest BCUT2D eigenvalue weighted by molar-refractivity contribution is 7.89. The van der Waals surface area contributed by atoms with Crippen molar-refractivity contribution < 1.29 is 27.5 Å². The van der Waals surface area contributed by atoms with Gasteiger partial charge in [0.15, 0.2) is 0 Å². The summed E-state index contributed by atoms with van der Waals surface area (Å²) in [5.74, 6) is -1.37. The van der Waals surface area contributed by atoms with Gasteiger partial charge in [-0.25, -0.2) is 12.8 Å². The third-order valence-electron chi connectivity index (χ3n) is 8.61. The molecule has 10 nitrogen and oxygen atoms in total. The average Bonchev–Trinajstić information content (AvgIpc) is 3.09. The van der Waals surface area contributed by atoms with Crippen LogP contribution in [0.2, 0.25) is 0 Å². The highest BCUT2D eigenvalue weighted by atomic mass is 32.2. The van der Waals surface area contributed by atoms with Crippen molar-refractivity contribution in [1.82, 2.24) is 25.2 Å². The van der Waals surface area contributed by atoms with Gasteiger partial charge >= 0.3 is 0 Å². The van der Waals surface area contributed by atoms with Crippen molar-refractivity contribution in [2.75, 3.05) is 26.2 Å². The number of nitrogens with zero attached hydrogens (tertiary/aromatic N) is 2. The molecule has 262 valence electrons. The molecule has 12 heteroatoms. The first-order chi connectivity index (χ1) is 23.3. The van der Waals surface area contributed by atoms with E-state index in [9.17, 15) is 27.5 Å². The van der Waals surface area contributed by atoms with E-state index in [2.05, 4.69) is 20.9 Å². The lowest BCUT2D eigenvalue weighted by Gasteiger charge is -2.31. The second kappa shape index (κ2) is 16.9. The van der Waals surface area contributed by atoms with Crippen LogP contribution in [0.5, 0.6) is 0 Å². The van der Waals surface area contributed by atoms with E-state index >= 15 is 0 Å². The Hall–Kier alpha value is -4.23. The SMILES string of the molecule is CCC(C)CN(C[C@@H](O)[C@H](Cc1ccccc1)NC(=O)CNC(=O)CNC(C)(C)c1cccc(F)c1)S(=O)(=O)c1ccc2ncccc2c1. The molecular formula is C37H46FN5O5S. The van der Waals surface area contributed by atoms with Crippen LogP contribution >= 0.6 is 0 Å². The normalized spacial score (nSPS) is 13.9. The zero-order valence-electron chi connectivity index (χ0n) is 28.4. The van der Waals surface area contributed by atoms with Crippen molar-refractivity contribution in [3.05, 3.63) is 108 Å². The number of amides is 2. The monoisotopic (exact) mass is 691 g/mol. The molecule has 0 saturated heterocycles. The summed E-state index contributed by atoms with van der Waals surface area (Å²) < 4.78 is 43.0. The van der Waals surface area contributed by atoms with E-state index < -0.39 is 39.5 Å². The van der Waals surface area contributed by atoms with E-state index in [0.717, 1.165) is 12.0 Å². The first kappa shape index (κ1) is 37.6. The van der Waals surface area contributed by atoms with Gasteiger partial charge in [-0.15, -0.1) is 0 Å². The number of pyridine rings is 1. The quantitative estimate of drug-likeness (QED) is 0.131. The summed E-state index contributed by atoms with van der Waals surface area (Å²) in [4.78, 5) is 30.1. The fourth-order valence-corrected chi connectivity index (χ4v) is 6.99. The summed E-state index contributed by atoms with van der Waals surface area (Å²) in [5, 5.41) is 20.7. The van der Waals surface area contributed by atoms with E-state index in [0.29, 0.717) is 16.5 Å². The maximum Gasteiger partial charge on any atom is 0.243 e. The van der Waals surface area contributed by atoms with Crippen LogP contribution in [0.3, 0.4) is 0 Å². The highest BCUT2D eigenvalue weighted by Gasteiger charge is 2.32. The van der Waals surface area contributed by atoms with Crippen molar-refractivity contribution in [3.63, 3.8) is 0 Å². The first-order valence-corrected chi connectivity index (χ1v) is 17.9. The van der Waals surface area contributed by atoms with Crippen molar-refractivity contribution in [1.29, 1.82) is 0 Å². The second-order valence-corrected chi connectivity index (χ2v) is 14.8. The summed E-state index contributed by atoms with van der Waals surface area (Å²) in [7, 11) is -4.04. The van der Waals surface area contributed by atoms with Crippen molar-refractivity contribution in [3.8, 4) is 0 Å². The molecule has 1 heterocycles. The molecule has 1 unspecified atom stereocenters. The predicted molar refractivity (Wildman–Crippen MR) is 188 cm³/mol. The van der Waals surface area contributed by atoms with E-state index in [1.165, 1.54) is 22.5 Å². The number of aliphatic hydroxyl groups is 1. The molecule has 49 heavy (non-hydrogen) atoms. The number of nitrogens with one attached hydrogen (secondary N) is 3. The summed E-state index contributed by atoms with van der Waals surface area (Å²) in [6.07, 6.45) is 1.31. The molecule has 3 aromatic carbocycles. The van der Waals surface area contributed by atoms with Gasteiger partial charge in [0, 0.05) is 30.2 Å². The van der Waals surface area contributed by atoms with Gasteiger partial charge in [-0.1, -0.05) is 68.8 Å². The van der Waals surface area contributed by atoms with Crippen LogP contribution in [0.4, 0.5) is 4.39 Å². The molecule has 2 amide bonds. The maximum absolute atomic E-state index is 14.0. The summed E-state index contributed by atoms with van der Waals surface area (Å²) >= 11 is 0. The van der Waals surface area contributed by atoms with Crippen LogP contribution in [0.25, 0.3) is 10.9 Å². The van der Waals surface area contributed by atoms with E-state index in [-0.39, 0.29) is 49.2 Å². The molecule has 4 aromatic rings. The summed E-state index contributed by atoms with van der Waals surface area (Å²) in [5.41, 5.74) is 1.45. The van der Waals surface area contributed by atoms with Gasteiger partial charge < -0.3 is 15.7 Å². The number of benzene rings is 3. The maximum atomic E-state index is 14.0.